The lowest BCUT2D eigenvalue weighted by Gasteiger charge is -2.13. The van der Waals surface area contributed by atoms with E-state index in [1.807, 2.05) is 6.07 Å². The molecule has 0 fully saturated rings. The van der Waals surface area contributed by atoms with Crippen LogP contribution in [-0.4, -0.2) is 4.89 Å². The molecule has 4 heteroatoms. The maximum Gasteiger partial charge on any atom is 0.408 e. The summed E-state index contributed by atoms with van der Waals surface area (Å²) < 4.78 is 17.2. The summed E-state index contributed by atoms with van der Waals surface area (Å²) in [6.45, 7) is 3.63. The van der Waals surface area contributed by atoms with Gasteiger partial charge in [-0.2, -0.15) is 0 Å². The summed E-state index contributed by atoms with van der Waals surface area (Å²) in [5.74, 6) is 0.371. The van der Waals surface area contributed by atoms with Gasteiger partial charge in [0.2, 0.25) is 0 Å². The first-order valence-corrected chi connectivity index (χ1v) is 7.00. The molecular formula is C14H13O3P. The number of hydrogen-bond acceptors (Lipinski definition) is 2. The second-order valence-electron chi connectivity index (χ2n) is 3.72. The zero-order valence-corrected chi connectivity index (χ0v) is 10.6. The lowest BCUT2D eigenvalue weighted by Crippen LogP contribution is -2.08. The fourth-order valence-electron chi connectivity index (χ4n) is 1.48. The van der Waals surface area contributed by atoms with Crippen molar-refractivity contribution in [1.82, 2.24) is 0 Å². The summed E-state index contributed by atoms with van der Waals surface area (Å²) in [4.78, 5) is 9.91. The minimum absolute atomic E-state index is 0.261. The molecule has 1 N–H and O–H groups in total. The van der Waals surface area contributed by atoms with Gasteiger partial charge in [0.05, 0.1) is 5.30 Å². The molecule has 0 heterocycles. The maximum absolute atomic E-state index is 12.1. The molecule has 1 atom stereocenters. The van der Waals surface area contributed by atoms with Crippen molar-refractivity contribution in [2.24, 2.45) is 0 Å². The van der Waals surface area contributed by atoms with E-state index in [0.717, 1.165) is 5.56 Å². The van der Waals surface area contributed by atoms with Crippen molar-refractivity contribution in [2.45, 2.75) is 0 Å². The van der Waals surface area contributed by atoms with Crippen molar-refractivity contribution in [2.75, 3.05) is 0 Å². The SMILES string of the molecule is C=Cc1ccc(P(=O)(O)Oc2ccccc2)cc1. The Morgan fingerprint density at radius 1 is 1.06 bits per heavy atom. The van der Waals surface area contributed by atoms with Crippen LogP contribution in [0.15, 0.2) is 61.2 Å². The van der Waals surface area contributed by atoms with Crippen LogP contribution in [0, 0.1) is 0 Å². The van der Waals surface area contributed by atoms with E-state index in [9.17, 15) is 9.46 Å². The number of rotatable bonds is 4. The molecule has 2 rings (SSSR count). The number of hydrogen-bond donors (Lipinski definition) is 1. The molecule has 1 unspecified atom stereocenters. The maximum atomic E-state index is 12.1. The minimum Gasteiger partial charge on any atom is -0.421 e. The van der Waals surface area contributed by atoms with Gasteiger partial charge in [0.1, 0.15) is 5.75 Å². The summed E-state index contributed by atoms with van der Waals surface area (Å²) in [5.41, 5.74) is 0.887. The van der Waals surface area contributed by atoms with E-state index in [2.05, 4.69) is 6.58 Å². The van der Waals surface area contributed by atoms with Gasteiger partial charge in [-0.25, -0.2) is 4.57 Å². The van der Waals surface area contributed by atoms with Crippen molar-refractivity contribution < 1.29 is 14.0 Å². The molecule has 3 nitrogen and oxygen atoms in total. The number of para-hydroxylation sites is 1. The Morgan fingerprint density at radius 2 is 1.67 bits per heavy atom. The molecule has 2 aromatic carbocycles. The topological polar surface area (TPSA) is 46.5 Å². The molecule has 0 saturated carbocycles. The largest absolute Gasteiger partial charge is 0.421 e. The van der Waals surface area contributed by atoms with Gasteiger partial charge in [-0.3, -0.25) is 0 Å². The lowest BCUT2D eigenvalue weighted by atomic mass is 10.2. The van der Waals surface area contributed by atoms with E-state index < -0.39 is 7.60 Å². The zero-order valence-electron chi connectivity index (χ0n) is 9.69. The Balaban J connectivity index is 2.24. The van der Waals surface area contributed by atoms with Gasteiger partial charge in [0, 0.05) is 0 Å². The molecule has 92 valence electrons. The highest BCUT2D eigenvalue weighted by Crippen LogP contribution is 2.41. The number of benzene rings is 2. The molecule has 2 aromatic rings. The van der Waals surface area contributed by atoms with Gasteiger partial charge in [-0.15, -0.1) is 0 Å². The van der Waals surface area contributed by atoms with Crippen LogP contribution in [0.3, 0.4) is 0 Å². The van der Waals surface area contributed by atoms with Gasteiger partial charge in [0.25, 0.3) is 0 Å². The Bertz CT molecular complexity index is 576. The Kier molecular flexibility index (Phi) is 3.66. The smallest absolute Gasteiger partial charge is 0.408 e. The molecule has 0 aliphatic carbocycles. The van der Waals surface area contributed by atoms with E-state index in [4.69, 9.17) is 4.52 Å². The fourth-order valence-corrected chi connectivity index (χ4v) is 2.51. The average molecular weight is 260 g/mol. The van der Waals surface area contributed by atoms with Crippen LogP contribution >= 0.6 is 7.60 Å². The summed E-state index contributed by atoms with van der Waals surface area (Å²) >= 11 is 0. The first kappa shape index (κ1) is 12.6. The highest BCUT2D eigenvalue weighted by atomic mass is 31.2. The second kappa shape index (κ2) is 5.21. The van der Waals surface area contributed by atoms with Gasteiger partial charge in [-0.05, 0) is 29.8 Å². The quantitative estimate of drug-likeness (QED) is 0.858. The first-order valence-electron chi connectivity index (χ1n) is 5.42. The van der Waals surface area contributed by atoms with Gasteiger partial charge in [0.15, 0.2) is 0 Å². The molecule has 0 spiro atoms. The van der Waals surface area contributed by atoms with Crippen LogP contribution in [0.2, 0.25) is 0 Å². The van der Waals surface area contributed by atoms with Crippen molar-refractivity contribution in [3.05, 3.63) is 66.7 Å². The molecule has 0 saturated heterocycles. The van der Waals surface area contributed by atoms with E-state index >= 15 is 0 Å². The Morgan fingerprint density at radius 3 is 2.22 bits per heavy atom. The van der Waals surface area contributed by atoms with Crippen LogP contribution in [0.25, 0.3) is 6.08 Å². The highest BCUT2D eigenvalue weighted by molar-refractivity contribution is 7.61. The molecule has 0 aromatic heterocycles. The van der Waals surface area contributed by atoms with Gasteiger partial charge >= 0.3 is 7.60 Å². The summed E-state index contributed by atoms with van der Waals surface area (Å²) in [7, 11) is -3.83. The van der Waals surface area contributed by atoms with Gasteiger partial charge in [-0.1, -0.05) is 43.0 Å². The van der Waals surface area contributed by atoms with E-state index in [-0.39, 0.29) is 5.30 Å². The van der Waals surface area contributed by atoms with Crippen molar-refractivity contribution in [3.8, 4) is 5.75 Å². The van der Waals surface area contributed by atoms with Gasteiger partial charge < -0.3 is 9.42 Å². The van der Waals surface area contributed by atoms with Crippen molar-refractivity contribution in [1.29, 1.82) is 0 Å². The second-order valence-corrected chi connectivity index (χ2v) is 5.46. The molecule has 0 amide bonds. The normalized spacial score (nSPS) is 13.6. The summed E-state index contributed by atoms with van der Waals surface area (Å²) in [5, 5.41) is 0.261. The minimum atomic E-state index is -3.83. The standard InChI is InChI=1S/C14H13O3P/c1-2-12-8-10-14(11-9-12)18(15,16)17-13-6-4-3-5-7-13/h2-11H,1H2,(H,15,16). The predicted molar refractivity (Wildman–Crippen MR) is 73.1 cm³/mol. The lowest BCUT2D eigenvalue weighted by molar-refractivity contribution is 0.393. The zero-order chi connectivity index (χ0) is 13.0. The summed E-state index contributed by atoms with van der Waals surface area (Å²) in [6, 6.07) is 15.2. The molecule has 0 radical (unpaired) electrons. The van der Waals surface area contributed by atoms with Crippen molar-refractivity contribution in [3.63, 3.8) is 0 Å². The van der Waals surface area contributed by atoms with Crippen LogP contribution in [0.5, 0.6) is 5.75 Å². The van der Waals surface area contributed by atoms with E-state index in [0.29, 0.717) is 5.75 Å². The molecule has 0 bridgehead atoms. The predicted octanol–water partition coefficient (Wildman–Crippen LogP) is 3.22. The summed E-state index contributed by atoms with van der Waals surface area (Å²) in [6.07, 6.45) is 1.67. The third-order valence-corrected chi connectivity index (χ3v) is 3.84. The van der Waals surface area contributed by atoms with Crippen LogP contribution in [0.4, 0.5) is 0 Å². The van der Waals surface area contributed by atoms with Crippen molar-refractivity contribution >= 4 is 19.0 Å². The Hall–Kier alpha value is -1.83. The van der Waals surface area contributed by atoms with E-state index in [1.54, 1.807) is 54.6 Å². The van der Waals surface area contributed by atoms with Crippen LogP contribution in [-0.2, 0) is 4.57 Å². The van der Waals surface area contributed by atoms with Crippen LogP contribution < -0.4 is 9.83 Å². The van der Waals surface area contributed by atoms with Crippen LogP contribution in [0.1, 0.15) is 5.56 Å². The molecule has 18 heavy (non-hydrogen) atoms. The highest BCUT2D eigenvalue weighted by Gasteiger charge is 2.23. The average Bonchev–Trinajstić information content (AvgIpc) is 2.39. The fraction of sp³-hybridized carbons (Fsp3) is 0. The molecular weight excluding hydrogens is 247 g/mol. The third-order valence-electron chi connectivity index (χ3n) is 2.43. The monoisotopic (exact) mass is 260 g/mol. The first-order chi connectivity index (χ1) is 8.62. The Labute approximate surface area is 106 Å². The third kappa shape index (κ3) is 2.89. The van der Waals surface area contributed by atoms with E-state index in [1.165, 1.54) is 0 Å². The molecule has 0 aliphatic heterocycles. The molecule has 0 aliphatic rings.